The smallest absolute Gasteiger partial charge is 0.123 e. The minimum Gasteiger partial charge on any atom is -0.507 e. The molecule has 0 aliphatic heterocycles. The van der Waals surface area contributed by atoms with Crippen molar-refractivity contribution in [3.8, 4) is 5.75 Å². The summed E-state index contributed by atoms with van der Waals surface area (Å²) < 4.78 is 0. The monoisotopic (exact) mass is 165 g/mol. The van der Waals surface area contributed by atoms with Gasteiger partial charge in [0.25, 0.3) is 0 Å². The molecule has 0 bridgehead atoms. The fourth-order valence-electron chi connectivity index (χ4n) is 1.08. The molecule has 0 radical (unpaired) electrons. The molecule has 0 fully saturated rings. The molecule has 1 atom stereocenters. The van der Waals surface area contributed by atoms with Crippen LogP contribution in [0.25, 0.3) is 0 Å². The zero-order chi connectivity index (χ0) is 9.14. The van der Waals surface area contributed by atoms with Crippen LogP contribution in [-0.2, 0) is 0 Å². The summed E-state index contributed by atoms with van der Waals surface area (Å²) in [6, 6.07) is 4.81. The summed E-state index contributed by atoms with van der Waals surface area (Å²) in [6.07, 6.45) is 0. The molecule has 0 aromatic heterocycles. The zero-order valence-corrected chi connectivity index (χ0v) is 7.11. The molecule has 1 aromatic rings. The molecule has 0 saturated heterocycles. The maximum absolute atomic E-state index is 10.2. The highest BCUT2D eigenvalue weighted by Crippen LogP contribution is 2.28. The molecular formula is C9H11NO2. The standard InChI is InChI=1S/C9H11NO2/c1-6-4-3-5-8(9(6)11)7(2)10-12/h3-5,7,11H,1-2H3. The Morgan fingerprint density at radius 3 is 2.75 bits per heavy atom. The van der Waals surface area contributed by atoms with Crippen molar-refractivity contribution in [1.29, 1.82) is 0 Å². The first kappa shape index (κ1) is 8.71. The van der Waals surface area contributed by atoms with Gasteiger partial charge in [-0.25, -0.2) is 0 Å². The van der Waals surface area contributed by atoms with E-state index in [0.717, 1.165) is 5.56 Å². The molecule has 0 heterocycles. The quantitative estimate of drug-likeness (QED) is 0.684. The van der Waals surface area contributed by atoms with Crippen LogP contribution >= 0.6 is 0 Å². The number of aryl methyl sites for hydroxylation is 1. The van der Waals surface area contributed by atoms with Gasteiger partial charge < -0.3 is 5.11 Å². The average molecular weight is 165 g/mol. The van der Waals surface area contributed by atoms with Crippen molar-refractivity contribution in [2.45, 2.75) is 19.9 Å². The van der Waals surface area contributed by atoms with E-state index in [4.69, 9.17) is 0 Å². The minimum absolute atomic E-state index is 0.171. The van der Waals surface area contributed by atoms with Crippen LogP contribution in [0.5, 0.6) is 5.75 Å². The van der Waals surface area contributed by atoms with Crippen molar-refractivity contribution in [1.82, 2.24) is 0 Å². The highest BCUT2D eigenvalue weighted by Gasteiger charge is 2.10. The van der Waals surface area contributed by atoms with E-state index in [9.17, 15) is 10.0 Å². The van der Waals surface area contributed by atoms with Gasteiger partial charge in [-0.3, -0.25) is 0 Å². The number of benzene rings is 1. The number of phenols is 1. The Kier molecular flexibility index (Phi) is 2.43. The Bertz CT molecular complexity index is 297. The topological polar surface area (TPSA) is 49.7 Å². The third kappa shape index (κ3) is 1.44. The molecule has 0 saturated carbocycles. The molecule has 1 aromatic carbocycles. The molecule has 0 spiro atoms. The molecule has 1 unspecified atom stereocenters. The van der Waals surface area contributed by atoms with Crippen LogP contribution in [0, 0.1) is 11.8 Å². The van der Waals surface area contributed by atoms with Gasteiger partial charge >= 0.3 is 0 Å². The molecule has 64 valence electrons. The minimum atomic E-state index is -0.482. The lowest BCUT2D eigenvalue weighted by molar-refractivity contribution is 0.459. The molecule has 3 nitrogen and oxygen atoms in total. The number of para-hydroxylation sites is 1. The second-order valence-corrected chi connectivity index (χ2v) is 2.79. The van der Waals surface area contributed by atoms with Crippen LogP contribution < -0.4 is 0 Å². The highest BCUT2D eigenvalue weighted by atomic mass is 16.3. The third-order valence-corrected chi connectivity index (χ3v) is 1.88. The number of rotatable bonds is 2. The van der Waals surface area contributed by atoms with Crippen LogP contribution in [0.15, 0.2) is 23.4 Å². The van der Waals surface area contributed by atoms with Gasteiger partial charge in [0, 0.05) is 5.56 Å². The number of aromatic hydroxyl groups is 1. The first-order valence-electron chi connectivity index (χ1n) is 3.77. The van der Waals surface area contributed by atoms with Crippen LogP contribution in [-0.4, -0.2) is 5.11 Å². The molecule has 0 amide bonds. The molecule has 1 rings (SSSR count). The van der Waals surface area contributed by atoms with Gasteiger partial charge in [0.1, 0.15) is 11.8 Å². The van der Waals surface area contributed by atoms with E-state index >= 15 is 0 Å². The molecule has 0 aliphatic rings. The lowest BCUT2D eigenvalue weighted by Gasteiger charge is -2.07. The number of nitrogens with zero attached hydrogens (tertiary/aromatic N) is 1. The Balaban J connectivity index is 3.15. The summed E-state index contributed by atoms with van der Waals surface area (Å²) >= 11 is 0. The van der Waals surface area contributed by atoms with E-state index < -0.39 is 6.04 Å². The van der Waals surface area contributed by atoms with Crippen molar-refractivity contribution in [3.63, 3.8) is 0 Å². The second kappa shape index (κ2) is 3.34. The third-order valence-electron chi connectivity index (χ3n) is 1.88. The molecular weight excluding hydrogens is 154 g/mol. The maximum atomic E-state index is 10.2. The van der Waals surface area contributed by atoms with E-state index in [-0.39, 0.29) is 5.75 Å². The number of hydrogen-bond donors (Lipinski definition) is 1. The Labute approximate surface area is 71.0 Å². The molecule has 12 heavy (non-hydrogen) atoms. The van der Waals surface area contributed by atoms with Crippen LogP contribution in [0.2, 0.25) is 0 Å². The van der Waals surface area contributed by atoms with Crippen molar-refractivity contribution >= 4 is 0 Å². The van der Waals surface area contributed by atoms with E-state index in [1.807, 2.05) is 0 Å². The number of phenolic OH excluding ortho intramolecular Hbond substituents is 1. The van der Waals surface area contributed by atoms with Gasteiger partial charge in [-0.2, -0.15) is 4.91 Å². The SMILES string of the molecule is Cc1cccc(C(C)N=O)c1O. The Morgan fingerprint density at radius 2 is 2.17 bits per heavy atom. The number of nitroso groups, excluding NO2 is 1. The fourth-order valence-corrected chi connectivity index (χ4v) is 1.08. The molecule has 0 aliphatic carbocycles. The van der Waals surface area contributed by atoms with Gasteiger partial charge in [-0.1, -0.05) is 23.4 Å². The fraction of sp³-hybridized carbons (Fsp3) is 0.333. The summed E-state index contributed by atoms with van der Waals surface area (Å²) in [5.74, 6) is 0.171. The first-order chi connectivity index (χ1) is 5.66. The summed E-state index contributed by atoms with van der Waals surface area (Å²) in [7, 11) is 0. The zero-order valence-electron chi connectivity index (χ0n) is 7.11. The van der Waals surface area contributed by atoms with E-state index in [1.165, 1.54) is 0 Å². The van der Waals surface area contributed by atoms with E-state index in [1.54, 1.807) is 32.0 Å². The Morgan fingerprint density at radius 1 is 1.50 bits per heavy atom. The summed E-state index contributed by atoms with van der Waals surface area (Å²) in [6.45, 7) is 3.44. The predicted octanol–water partition coefficient (Wildman–Crippen LogP) is 2.53. The van der Waals surface area contributed by atoms with Crippen molar-refractivity contribution in [2.24, 2.45) is 5.18 Å². The first-order valence-corrected chi connectivity index (χ1v) is 3.77. The van der Waals surface area contributed by atoms with Gasteiger partial charge in [0.15, 0.2) is 0 Å². The summed E-state index contributed by atoms with van der Waals surface area (Å²) in [4.78, 5) is 10.2. The van der Waals surface area contributed by atoms with Crippen LogP contribution in [0.1, 0.15) is 24.1 Å². The lowest BCUT2D eigenvalue weighted by atomic mass is 10.0. The predicted molar refractivity (Wildman–Crippen MR) is 47.1 cm³/mol. The normalized spacial score (nSPS) is 12.5. The molecule has 3 heteroatoms. The lowest BCUT2D eigenvalue weighted by Crippen LogP contribution is -1.90. The number of hydrogen-bond acceptors (Lipinski definition) is 3. The largest absolute Gasteiger partial charge is 0.507 e. The van der Waals surface area contributed by atoms with Gasteiger partial charge in [0.05, 0.1) is 0 Å². The average Bonchev–Trinajstić information content (AvgIpc) is 2.08. The second-order valence-electron chi connectivity index (χ2n) is 2.79. The van der Waals surface area contributed by atoms with Gasteiger partial charge in [0.2, 0.25) is 0 Å². The van der Waals surface area contributed by atoms with Gasteiger partial charge in [-0.15, -0.1) is 0 Å². The maximum Gasteiger partial charge on any atom is 0.123 e. The van der Waals surface area contributed by atoms with Crippen LogP contribution in [0.4, 0.5) is 0 Å². The van der Waals surface area contributed by atoms with Crippen molar-refractivity contribution in [3.05, 3.63) is 34.2 Å². The van der Waals surface area contributed by atoms with Crippen molar-refractivity contribution < 1.29 is 5.11 Å². The summed E-state index contributed by atoms with van der Waals surface area (Å²) in [5, 5.41) is 12.4. The van der Waals surface area contributed by atoms with Gasteiger partial charge in [-0.05, 0) is 19.4 Å². The summed E-state index contributed by atoms with van der Waals surface area (Å²) in [5.41, 5.74) is 1.35. The highest BCUT2D eigenvalue weighted by molar-refractivity contribution is 5.41. The Hall–Kier alpha value is -1.38. The van der Waals surface area contributed by atoms with E-state index in [2.05, 4.69) is 5.18 Å². The van der Waals surface area contributed by atoms with Crippen molar-refractivity contribution in [2.75, 3.05) is 0 Å². The van der Waals surface area contributed by atoms with Crippen LogP contribution in [0.3, 0.4) is 0 Å². The van der Waals surface area contributed by atoms with E-state index in [0.29, 0.717) is 5.56 Å². The molecule has 1 N–H and O–H groups in total.